The van der Waals surface area contributed by atoms with Gasteiger partial charge < -0.3 is 19.9 Å². The zero-order valence-corrected chi connectivity index (χ0v) is 16.5. The van der Waals surface area contributed by atoms with Crippen molar-refractivity contribution in [3.8, 4) is 34.3 Å². The number of aryl methyl sites for hydroxylation is 1. The topological polar surface area (TPSA) is 79.5 Å². The van der Waals surface area contributed by atoms with E-state index in [1.807, 2.05) is 61.5 Å². The standard InChI is InChI=1S/C23H21N3O3/c1-14-7-8-20(23(26-14)15-5-4-6-16(24)11-15)29-19-9-10-25-18-13-22(28-3)21(27-2)12-17(18)19/h4-13H,24H2,1-3H3. The van der Waals surface area contributed by atoms with Crippen molar-refractivity contribution >= 4 is 16.6 Å². The molecule has 0 spiro atoms. The highest BCUT2D eigenvalue weighted by Crippen LogP contribution is 2.39. The van der Waals surface area contributed by atoms with E-state index in [0.29, 0.717) is 28.7 Å². The van der Waals surface area contributed by atoms with Crippen LogP contribution in [-0.4, -0.2) is 24.2 Å². The molecule has 0 amide bonds. The molecule has 2 aromatic carbocycles. The number of nitrogens with two attached hydrogens (primary N) is 1. The number of hydrogen-bond acceptors (Lipinski definition) is 6. The van der Waals surface area contributed by atoms with Crippen LogP contribution in [0.15, 0.2) is 60.8 Å². The fourth-order valence-corrected chi connectivity index (χ4v) is 3.17. The molecule has 146 valence electrons. The van der Waals surface area contributed by atoms with E-state index in [1.165, 1.54) is 0 Å². The van der Waals surface area contributed by atoms with Crippen molar-refractivity contribution in [1.82, 2.24) is 9.97 Å². The Morgan fingerprint density at radius 2 is 1.62 bits per heavy atom. The number of aromatic nitrogens is 2. The van der Waals surface area contributed by atoms with Gasteiger partial charge in [0.2, 0.25) is 0 Å². The molecule has 4 aromatic rings. The second-order valence-corrected chi connectivity index (χ2v) is 6.56. The molecule has 0 radical (unpaired) electrons. The van der Waals surface area contributed by atoms with Crippen LogP contribution >= 0.6 is 0 Å². The normalized spacial score (nSPS) is 10.7. The quantitative estimate of drug-likeness (QED) is 0.486. The Hall–Kier alpha value is -3.80. The average molecular weight is 387 g/mol. The van der Waals surface area contributed by atoms with Crippen molar-refractivity contribution in [2.45, 2.75) is 6.92 Å². The monoisotopic (exact) mass is 387 g/mol. The number of ether oxygens (including phenoxy) is 3. The fourth-order valence-electron chi connectivity index (χ4n) is 3.17. The van der Waals surface area contributed by atoms with E-state index in [0.717, 1.165) is 27.9 Å². The Kier molecular flexibility index (Phi) is 4.91. The Labute approximate surface area is 168 Å². The summed E-state index contributed by atoms with van der Waals surface area (Å²) in [5.74, 6) is 2.49. The second kappa shape index (κ2) is 7.67. The highest BCUT2D eigenvalue weighted by molar-refractivity contribution is 5.88. The van der Waals surface area contributed by atoms with Gasteiger partial charge in [-0.1, -0.05) is 12.1 Å². The van der Waals surface area contributed by atoms with E-state index < -0.39 is 0 Å². The third-order valence-corrected chi connectivity index (χ3v) is 4.58. The van der Waals surface area contributed by atoms with Crippen molar-refractivity contribution in [2.24, 2.45) is 0 Å². The first-order valence-electron chi connectivity index (χ1n) is 9.11. The van der Waals surface area contributed by atoms with Gasteiger partial charge in [-0.25, -0.2) is 4.98 Å². The number of benzene rings is 2. The third-order valence-electron chi connectivity index (χ3n) is 4.58. The van der Waals surface area contributed by atoms with Crippen LogP contribution in [0.25, 0.3) is 22.2 Å². The molecule has 2 heterocycles. The van der Waals surface area contributed by atoms with Gasteiger partial charge in [-0.2, -0.15) is 0 Å². The third kappa shape index (κ3) is 3.65. The maximum Gasteiger partial charge on any atom is 0.162 e. The lowest BCUT2D eigenvalue weighted by molar-refractivity contribution is 0.355. The van der Waals surface area contributed by atoms with Gasteiger partial charge >= 0.3 is 0 Å². The van der Waals surface area contributed by atoms with Gasteiger partial charge in [0.05, 0.1) is 19.7 Å². The summed E-state index contributed by atoms with van der Waals surface area (Å²) in [4.78, 5) is 9.11. The molecule has 4 rings (SSSR count). The highest BCUT2D eigenvalue weighted by atomic mass is 16.5. The van der Waals surface area contributed by atoms with E-state index in [1.54, 1.807) is 20.4 Å². The lowest BCUT2D eigenvalue weighted by atomic mass is 10.1. The predicted molar refractivity (Wildman–Crippen MR) is 114 cm³/mol. The number of anilines is 1. The summed E-state index contributed by atoms with van der Waals surface area (Å²) in [6.07, 6.45) is 1.70. The molecule has 0 unspecified atom stereocenters. The Balaban J connectivity index is 1.84. The van der Waals surface area contributed by atoms with E-state index in [9.17, 15) is 0 Å². The van der Waals surface area contributed by atoms with Gasteiger partial charge in [-0.3, -0.25) is 4.98 Å². The van der Waals surface area contributed by atoms with E-state index >= 15 is 0 Å². The van der Waals surface area contributed by atoms with Crippen molar-refractivity contribution in [3.63, 3.8) is 0 Å². The van der Waals surface area contributed by atoms with Crippen LogP contribution in [-0.2, 0) is 0 Å². The molecular weight excluding hydrogens is 366 g/mol. The average Bonchev–Trinajstić information content (AvgIpc) is 2.74. The molecule has 0 aliphatic carbocycles. The lowest BCUT2D eigenvalue weighted by Crippen LogP contribution is -1.96. The number of methoxy groups -OCH3 is 2. The number of rotatable bonds is 5. The number of fused-ring (bicyclic) bond motifs is 1. The van der Waals surface area contributed by atoms with E-state index in [-0.39, 0.29) is 0 Å². The SMILES string of the molecule is COc1cc2nccc(Oc3ccc(C)nc3-c3cccc(N)c3)c2cc1OC. The summed E-state index contributed by atoms with van der Waals surface area (Å²) in [5.41, 5.74) is 9.88. The van der Waals surface area contributed by atoms with Crippen molar-refractivity contribution in [2.75, 3.05) is 20.0 Å². The van der Waals surface area contributed by atoms with E-state index in [2.05, 4.69) is 9.97 Å². The van der Waals surface area contributed by atoms with Crippen LogP contribution in [0.2, 0.25) is 0 Å². The van der Waals surface area contributed by atoms with Crippen LogP contribution in [0.3, 0.4) is 0 Å². The summed E-state index contributed by atoms with van der Waals surface area (Å²) in [6, 6.07) is 16.9. The number of hydrogen-bond donors (Lipinski definition) is 1. The van der Waals surface area contributed by atoms with Crippen LogP contribution in [0.5, 0.6) is 23.0 Å². The summed E-state index contributed by atoms with van der Waals surface area (Å²) in [6.45, 7) is 1.94. The molecule has 0 aliphatic rings. The summed E-state index contributed by atoms with van der Waals surface area (Å²) in [7, 11) is 3.20. The maximum absolute atomic E-state index is 6.31. The van der Waals surface area contributed by atoms with Gasteiger partial charge in [0.25, 0.3) is 0 Å². The molecule has 0 aliphatic heterocycles. The van der Waals surface area contributed by atoms with Crippen LogP contribution in [0.1, 0.15) is 5.69 Å². The van der Waals surface area contributed by atoms with E-state index in [4.69, 9.17) is 19.9 Å². The molecule has 2 aromatic heterocycles. The zero-order chi connectivity index (χ0) is 20.4. The van der Waals surface area contributed by atoms with Gasteiger partial charge in [0.15, 0.2) is 17.2 Å². The summed E-state index contributed by atoms with van der Waals surface area (Å²) >= 11 is 0. The smallest absolute Gasteiger partial charge is 0.162 e. The maximum atomic E-state index is 6.31. The summed E-state index contributed by atoms with van der Waals surface area (Å²) < 4.78 is 17.1. The molecule has 6 heteroatoms. The Bertz CT molecular complexity index is 1190. The van der Waals surface area contributed by atoms with Crippen LogP contribution in [0.4, 0.5) is 5.69 Å². The minimum atomic E-state index is 0.607. The van der Waals surface area contributed by atoms with Gasteiger partial charge in [-0.15, -0.1) is 0 Å². The van der Waals surface area contributed by atoms with Gasteiger partial charge in [0, 0.05) is 34.6 Å². The molecule has 0 saturated carbocycles. The first-order chi connectivity index (χ1) is 14.1. The lowest BCUT2D eigenvalue weighted by Gasteiger charge is -2.14. The minimum absolute atomic E-state index is 0.607. The van der Waals surface area contributed by atoms with Crippen molar-refractivity contribution < 1.29 is 14.2 Å². The highest BCUT2D eigenvalue weighted by Gasteiger charge is 2.14. The molecule has 0 bridgehead atoms. The number of pyridine rings is 2. The predicted octanol–water partition coefficient (Wildman–Crippen LogP) is 5.00. The van der Waals surface area contributed by atoms with Crippen LogP contribution < -0.4 is 19.9 Å². The fraction of sp³-hybridized carbons (Fsp3) is 0.130. The molecular formula is C23H21N3O3. The first kappa shape index (κ1) is 18.6. The summed E-state index contributed by atoms with van der Waals surface area (Å²) in [5, 5.41) is 0.809. The number of nitrogen functional groups attached to an aromatic ring is 1. The van der Waals surface area contributed by atoms with Crippen molar-refractivity contribution in [1.29, 1.82) is 0 Å². The van der Waals surface area contributed by atoms with Gasteiger partial charge in [-0.05, 0) is 43.3 Å². The molecule has 6 nitrogen and oxygen atoms in total. The van der Waals surface area contributed by atoms with Gasteiger partial charge in [0.1, 0.15) is 11.4 Å². The Morgan fingerprint density at radius 1 is 0.828 bits per heavy atom. The molecule has 0 fully saturated rings. The largest absolute Gasteiger partial charge is 0.493 e. The van der Waals surface area contributed by atoms with Crippen LogP contribution in [0, 0.1) is 6.92 Å². The molecule has 29 heavy (non-hydrogen) atoms. The molecule has 2 N–H and O–H groups in total. The zero-order valence-electron chi connectivity index (χ0n) is 16.5. The second-order valence-electron chi connectivity index (χ2n) is 6.56. The molecule has 0 saturated heterocycles. The number of nitrogens with zero attached hydrogens (tertiary/aromatic N) is 2. The first-order valence-corrected chi connectivity index (χ1v) is 9.11. The Morgan fingerprint density at radius 3 is 2.38 bits per heavy atom. The molecule has 0 atom stereocenters. The minimum Gasteiger partial charge on any atom is -0.493 e. The van der Waals surface area contributed by atoms with Crippen molar-refractivity contribution in [3.05, 3.63) is 66.5 Å².